The van der Waals surface area contributed by atoms with Gasteiger partial charge in [-0.2, -0.15) is 0 Å². The molecule has 1 aliphatic heterocycles. The lowest BCUT2D eigenvalue weighted by molar-refractivity contribution is 0.380. The monoisotopic (exact) mass is 410 g/mol. The summed E-state index contributed by atoms with van der Waals surface area (Å²) in [7, 11) is -1.35. The molecule has 0 aliphatic carbocycles. The van der Waals surface area contributed by atoms with Crippen LogP contribution in [0.5, 0.6) is 0 Å². The third kappa shape index (κ3) is 3.19. The van der Waals surface area contributed by atoms with E-state index in [1.54, 1.807) is 30.3 Å². The summed E-state index contributed by atoms with van der Waals surface area (Å²) >= 11 is 0. The Labute approximate surface area is 168 Å². The standard InChI is InChI=1S/C21H19FN4O2S/c22-19-15-12-14(29(28)26-9-7-23-8-10-26)5-6-18(15)24-20(19)16-11-13-3-1-2-4-17(13)25-21(16)27/h1-6,11-12,23-24H,7-10H2,(H,25,27). The molecule has 3 heterocycles. The van der Waals surface area contributed by atoms with Crippen LogP contribution in [0.4, 0.5) is 4.39 Å². The third-order valence-corrected chi connectivity index (χ3v) is 6.73. The summed E-state index contributed by atoms with van der Waals surface area (Å²) in [6.45, 7) is 2.92. The van der Waals surface area contributed by atoms with Crippen LogP contribution in [-0.4, -0.2) is 44.7 Å². The molecule has 0 radical (unpaired) electrons. The Morgan fingerprint density at radius 3 is 2.59 bits per heavy atom. The summed E-state index contributed by atoms with van der Waals surface area (Å²) in [6.07, 6.45) is 0. The van der Waals surface area contributed by atoms with E-state index < -0.39 is 16.8 Å². The van der Waals surface area contributed by atoms with Crippen molar-refractivity contribution in [3.63, 3.8) is 0 Å². The minimum atomic E-state index is -1.35. The van der Waals surface area contributed by atoms with Crippen molar-refractivity contribution >= 4 is 32.8 Å². The number of rotatable bonds is 3. The molecule has 148 valence electrons. The second-order valence-electron chi connectivity index (χ2n) is 7.05. The van der Waals surface area contributed by atoms with E-state index >= 15 is 4.39 Å². The van der Waals surface area contributed by atoms with Gasteiger partial charge in [0.2, 0.25) is 0 Å². The molecule has 1 atom stereocenters. The summed E-state index contributed by atoms with van der Waals surface area (Å²) < 4.78 is 30.0. The van der Waals surface area contributed by atoms with E-state index in [2.05, 4.69) is 15.3 Å². The second-order valence-corrected chi connectivity index (χ2v) is 8.54. The first-order chi connectivity index (χ1) is 14.1. The highest BCUT2D eigenvalue weighted by Gasteiger charge is 2.21. The van der Waals surface area contributed by atoms with Crippen LogP contribution in [0.15, 0.2) is 58.2 Å². The van der Waals surface area contributed by atoms with Crippen molar-refractivity contribution in [2.24, 2.45) is 0 Å². The molecule has 4 aromatic rings. The number of aromatic nitrogens is 2. The van der Waals surface area contributed by atoms with Gasteiger partial charge in [0, 0.05) is 42.6 Å². The first-order valence-electron chi connectivity index (χ1n) is 9.43. The highest BCUT2D eigenvalue weighted by atomic mass is 32.2. The average molecular weight is 410 g/mol. The maximum Gasteiger partial charge on any atom is 0.257 e. The fraction of sp³-hybridized carbons (Fsp3) is 0.190. The minimum Gasteiger partial charge on any atom is -0.352 e. The van der Waals surface area contributed by atoms with Gasteiger partial charge in [-0.25, -0.2) is 12.9 Å². The molecular formula is C21H19FN4O2S. The Morgan fingerprint density at radius 2 is 1.76 bits per heavy atom. The molecule has 1 fully saturated rings. The minimum absolute atomic E-state index is 0.136. The quantitative estimate of drug-likeness (QED) is 0.486. The topological polar surface area (TPSA) is 81.0 Å². The van der Waals surface area contributed by atoms with Crippen molar-refractivity contribution < 1.29 is 8.60 Å². The highest BCUT2D eigenvalue weighted by Crippen LogP contribution is 2.30. The predicted octanol–water partition coefficient (Wildman–Crippen LogP) is 2.74. The molecule has 0 bridgehead atoms. The van der Waals surface area contributed by atoms with Crippen LogP contribution < -0.4 is 10.9 Å². The van der Waals surface area contributed by atoms with E-state index in [1.807, 2.05) is 22.5 Å². The number of para-hydroxylation sites is 1. The summed E-state index contributed by atoms with van der Waals surface area (Å²) in [5, 5.41) is 4.37. The van der Waals surface area contributed by atoms with Gasteiger partial charge in [-0.15, -0.1) is 0 Å². The molecule has 6 nitrogen and oxygen atoms in total. The molecule has 1 aliphatic rings. The lowest BCUT2D eigenvalue weighted by Gasteiger charge is -2.25. The third-order valence-electron chi connectivity index (χ3n) is 5.24. The van der Waals surface area contributed by atoms with Crippen LogP contribution in [-0.2, 0) is 11.0 Å². The largest absolute Gasteiger partial charge is 0.352 e. The molecule has 2 aromatic heterocycles. The Hall–Kier alpha value is -2.81. The molecule has 0 amide bonds. The molecule has 0 saturated carbocycles. The van der Waals surface area contributed by atoms with E-state index in [-0.39, 0.29) is 16.8 Å². The fourth-order valence-corrected chi connectivity index (χ4v) is 4.94. The second kappa shape index (κ2) is 7.22. The Balaban J connectivity index is 1.60. The van der Waals surface area contributed by atoms with Crippen LogP contribution in [0.2, 0.25) is 0 Å². The number of hydrogen-bond acceptors (Lipinski definition) is 3. The molecular weight excluding hydrogens is 391 g/mol. The van der Waals surface area contributed by atoms with Crippen molar-refractivity contribution in [1.29, 1.82) is 0 Å². The molecule has 29 heavy (non-hydrogen) atoms. The zero-order chi connectivity index (χ0) is 20.0. The van der Waals surface area contributed by atoms with Gasteiger partial charge in [-0.1, -0.05) is 18.2 Å². The molecule has 2 aromatic carbocycles. The number of H-pyrrole nitrogens is 2. The van der Waals surface area contributed by atoms with Crippen LogP contribution >= 0.6 is 0 Å². The van der Waals surface area contributed by atoms with Gasteiger partial charge >= 0.3 is 0 Å². The number of fused-ring (bicyclic) bond motifs is 2. The fourth-order valence-electron chi connectivity index (χ4n) is 3.72. The number of nitrogens with one attached hydrogen (secondary N) is 3. The SMILES string of the molecule is O=c1[nH]c2ccccc2cc1-c1[nH]c2ccc(S(=O)N3CCNCC3)cc2c1F. The van der Waals surface area contributed by atoms with Crippen LogP contribution in [0.3, 0.4) is 0 Å². The zero-order valence-electron chi connectivity index (χ0n) is 15.5. The first kappa shape index (κ1) is 18.2. The number of pyridine rings is 1. The van der Waals surface area contributed by atoms with Gasteiger partial charge < -0.3 is 15.3 Å². The maximum absolute atomic E-state index is 15.3. The van der Waals surface area contributed by atoms with E-state index in [0.29, 0.717) is 34.4 Å². The zero-order valence-corrected chi connectivity index (χ0v) is 16.3. The lowest BCUT2D eigenvalue weighted by Crippen LogP contribution is -2.44. The molecule has 3 N–H and O–H groups in total. The van der Waals surface area contributed by atoms with E-state index in [4.69, 9.17) is 0 Å². The van der Waals surface area contributed by atoms with Crippen molar-refractivity contribution in [3.05, 3.63) is 64.7 Å². The number of halogens is 1. The number of hydrogen-bond donors (Lipinski definition) is 3. The van der Waals surface area contributed by atoms with E-state index in [0.717, 1.165) is 18.5 Å². The smallest absolute Gasteiger partial charge is 0.257 e. The Morgan fingerprint density at radius 1 is 0.966 bits per heavy atom. The number of nitrogens with zero attached hydrogens (tertiary/aromatic N) is 1. The molecule has 1 saturated heterocycles. The van der Waals surface area contributed by atoms with Gasteiger partial charge in [0.05, 0.1) is 16.2 Å². The van der Waals surface area contributed by atoms with Crippen molar-refractivity contribution in [1.82, 2.24) is 19.6 Å². The predicted molar refractivity (Wildman–Crippen MR) is 113 cm³/mol. The number of piperazine rings is 1. The van der Waals surface area contributed by atoms with Crippen LogP contribution in [0.25, 0.3) is 33.1 Å². The van der Waals surface area contributed by atoms with Gasteiger partial charge in [0.15, 0.2) is 5.82 Å². The van der Waals surface area contributed by atoms with Gasteiger partial charge in [-0.05, 0) is 35.7 Å². The molecule has 0 spiro atoms. The Bertz CT molecular complexity index is 1310. The first-order valence-corrected chi connectivity index (χ1v) is 10.5. The maximum atomic E-state index is 15.3. The van der Waals surface area contributed by atoms with Gasteiger partial charge in [-0.3, -0.25) is 4.79 Å². The number of aromatic amines is 2. The molecule has 1 unspecified atom stereocenters. The lowest BCUT2D eigenvalue weighted by atomic mass is 10.1. The number of benzene rings is 2. The summed E-state index contributed by atoms with van der Waals surface area (Å²) in [6, 6.07) is 14.1. The summed E-state index contributed by atoms with van der Waals surface area (Å²) in [4.78, 5) is 18.9. The normalized spacial score (nSPS) is 16.4. The van der Waals surface area contributed by atoms with Crippen molar-refractivity contribution in [3.8, 4) is 11.3 Å². The highest BCUT2D eigenvalue weighted by molar-refractivity contribution is 7.82. The van der Waals surface area contributed by atoms with Crippen LogP contribution in [0, 0.1) is 5.82 Å². The van der Waals surface area contributed by atoms with Gasteiger partial charge in [0.25, 0.3) is 5.56 Å². The summed E-state index contributed by atoms with van der Waals surface area (Å²) in [5.41, 5.74) is 1.27. The van der Waals surface area contributed by atoms with E-state index in [1.165, 1.54) is 0 Å². The Kier molecular flexibility index (Phi) is 4.54. The van der Waals surface area contributed by atoms with Crippen molar-refractivity contribution in [2.75, 3.05) is 26.2 Å². The molecule has 5 rings (SSSR count). The van der Waals surface area contributed by atoms with Crippen molar-refractivity contribution in [2.45, 2.75) is 4.90 Å². The average Bonchev–Trinajstić information content (AvgIpc) is 3.09. The van der Waals surface area contributed by atoms with Crippen LogP contribution in [0.1, 0.15) is 0 Å². The molecule has 8 heteroatoms. The van der Waals surface area contributed by atoms with E-state index in [9.17, 15) is 9.00 Å². The van der Waals surface area contributed by atoms with Gasteiger partial charge in [0.1, 0.15) is 11.0 Å². The summed E-state index contributed by atoms with van der Waals surface area (Å²) in [5.74, 6) is -0.514.